The van der Waals surface area contributed by atoms with Gasteiger partial charge >= 0.3 is 0 Å². The molecule has 2 rings (SSSR count). The monoisotopic (exact) mass is 350 g/mol. The third-order valence-electron chi connectivity index (χ3n) is 4.19. The number of aliphatic hydroxyl groups excluding tert-OH is 1. The summed E-state index contributed by atoms with van der Waals surface area (Å²) in [6.45, 7) is 7.15. The van der Waals surface area contributed by atoms with Crippen LogP contribution in [0.1, 0.15) is 50.5 Å². The molecular weight excluding hydrogens is 328 g/mol. The van der Waals surface area contributed by atoms with Crippen LogP contribution in [-0.4, -0.2) is 14.9 Å². The van der Waals surface area contributed by atoms with Crippen molar-refractivity contribution in [1.82, 2.24) is 9.78 Å². The van der Waals surface area contributed by atoms with Crippen molar-refractivity contribution in [1.29, 1.82) is 0 Å². The van der Waals surface area contributed by atoms with Gasteiger partial charge in [-0.15, -0.1) is 0 Å². The van der Waals surface area contributed by atoms with Crippen LogP contribution in [0.5, 0.6) is 0 Å². The van der Waals surface area contributed by atoms with Gasteiger partial charge in [0.15, 0.2) is 0 Å². The molecule has 3 nitrogen and oxygen atoms in total. The van der Waals surface area contributed by atoms with Crippen molar-refractivity contribution in [2.75, 3.05) is 0 Å². The zero-order chi connectivity index (χ0) is 15.4. The largest absolute Gasteiger partial charge is 0.386 e. The molecule has 0 fully saturated rings. The summed E-state index contributed by atoms with van der Waals surface area (Å²) in [4.78, 5) is 0. The first-order chi connectivity index (χ1) is 10.1. The highest BCUT2D eigenvalue weighted by Crippen LogP contribution is 2.40. The molecular formula is C17H23BrN2O. The summed E-state index contributed by atoms with van der Waals surface area (Å²) < 4.78 is 2.74. The molecule has 4 heteroatoms. The Bertz CT molecular complexity index is 567. The van der Waals surface area contributed by atoms with Crippen LogP contribution >= 0.6 is 15.9 Å². The van der Waals surface area contributed by atoms with E-state index in [-0.39, 0.29) is 5.92 Å². The molecule has 2 aromatic rings. The molecule has 0 aliphatic rings. The maximum absolute atomic E-state index is 11.0. The van der Waals surface area contributed by atoms with Crippen LogP contribution in [0.15, 0.2) is 41.0 Å². The molecule has 0 amide bonds. The summed E-state index contributed by atoms with van der Waals surface area (Å²) in [5, 5.41) is 15.4. The predicted octanol–water partition coefficient (Wildman–Crippen LogP) is 4.53. The molecule has 0 aliphatic heterocycles. The Morgan fingerprint density at radius 3 is 2.48 bits per heavy atom. The molecule has 0 radical (unpaired) electrons. The standard InChI is InChI=1S/C17H23BrN2O/c1-4-12(3)15(13-9-7-6-8-10-13)17(21)16-14(18)11-19-20(16)5-2/h6-12,15,17,21H,4-5H2,1-3H3. The summed E-state index contributed by atoms with van der Waals surface area (Å²) in [5.41, 5.74) is 2.04. The quantitative estimate of drug-likeness (QED) is 0.830. The van der Waals surface area contributed by atoms with Crippen LogP contribution < -0.4 is 0 Å². The second-order valence-electron chi connectivity index (χ2n) is 5.46. The normalized spacial score (nSPS) is 15.7. The molecule has 114 valence electrons. The van der Waals surface area contributed by atoms with Crippen LogP contribution in [0.2, 0.25) is 0 Å². The fourth-order valence-corrected chi connectivity index (χ4v) is 3.37. The number of aryl methyl sites for hydroxylation is 1. The molecule has 3 unspecified atom stereocenters. The number of nitrogens with zero attached hydrogens (tertiary/aromatic N) is 2. The van der Waals surface area contributed by atoms with Gasteiger partial charge in [0.2, 0.25) is 0 Å². The van der Waals surface area contributed by atoms with Crippen LogP contribution in [0.3, 0.4) is 0 Å². The van der Waals surface area contributed by atoms with E-state index in [4.69, 9.17) is 0 Å². The Morgan fingerprint density at radius 1 is 1.24 bits per heavy atom. The smallest absolute Gasteiger partial charge is 0.104 e. The van der Waals surface area contributed by atoms with Crippen molar-refractivity contribution in [3.8, 4) is 0 Å². The molecule has 21 heavy (non-hydrogen) atoms. The van der Waals surface area contributed by atoms with Gasteiger partial charge < -0.3 is 5.11 Å². The first kappa shape index (κ1) is 16.2. The molecule has 1 aromatic carbocycles. The van der Waals surface area contributed by atoms with E-state index in [1.54, 1.807) is 6.20 Å². The Kier molecular flexibility index (Phi) is 5.59. The van der Waals surface area contributed by atoms with E-state index in [1.807, 2.05) is 29.8 Å². The lowest BCUT2D eigenvalue weighted by molar-refractivity contribution is 0.108. The number of benzene rings is 1. The van der Waals surface area contributed by atoms with E-state index in [2.05, 4.69) is 47.0 Å². The highest BCUT2D eigenvalue weighted by atomic mass is 79.9. The number of aromatic nitrogens is 2. The SMILES string of the molecule is CCC(C)C(c1ccccc1)C(O)c1c(Br)cnn1CC. The lowest BCUT2D eigenvalue weighted by Crippen LogP contribution is -2.21. The van der Waals surface area contributed by atoms with Crippen molar-refractivity contribution in [2.45, 2.75) is 45.8 Å². The highest BCUT2D eigenvalue weighted by molar-refractivity contribution is 9.10. The minimum absolute atomic E-state index is 0.0644. The van der Waals surface area contributed by atoms with Crippen LogP contribution in [0.4, 0.5) is 0 Å². The Hall–Kier alpha value is -1.13. The van der Waals surface area contributed by atoms with E-state index in [0.717, 1.165) is 23.1 Å². The van der Waals surface area contributed by atoms with Crippen LogP contribution in [0.25, 0.3) is 0 Å². The molecule has 0 saturated carbocycles. The molecule has 1 heterocycles. The highest BCUT2D eigenvalue weighted by Gasteiger charge is 2.30. The van der Waals surface area contributed by atoms with E-state index in [9.17, 15) is 5.11 Å². The Morgan fingerprint density at radius 2 is 1.90 bits per heavy atom. The topological polar surface area (TPSA) is 38.1 Å². The van der Waals surface area contributed by atoms with E-state index in [1.165, 1.54) is 5.56 Å². The van der Waals surface area contributed by atoms with Gasteiger partial charge in [-0.3, -0.25) is 4.68 Å². The third-order valence-corrected chi connectivity index (χ3v) is 4.81. The first-order valence-corrected chi connectivity index (χ1v) is 8.33. The van der Waals surface area contributed by atoms with Crippen molar-refractivity contribution in [2.24, 2.45) is 5.92 Å². The second-order valence-corrected chi connectivity index (χ2v) is 6.31. The maximum atomic E-state index is 11.0. The fraction of sp³-hybridized carbons (Fsp3) is 0.471. The van der Waals surface area contributed by atoms with Gasteiger partial charge in [-0.05, 0) is 34.3 Å². The van der Waals surface area contributed by atoms with Crippen molar-refractivity contribution in [3.63, 3.8) is 0 Å². The number of halogens is 1. The zero-order valence-corrected chi connectivity index (χ0v) is 14.4. The lowest BCUT2D eigenvalue weighted by atomic mass is 9.80. The second kappa shape index (κ2) is 7.23. The molecule has 0 aliphatic carbocycles. The fourth-order valence-electron chi connectivity index (χ4n) is 2.84. The third kappa shape index (κ3) is 3.38. The molecule has 1 N–H and O–H groups in total. The van der Waals surface area contributed by atoms with Crippen LogP contribution in [0, 0.1) is 5.92 Å². The van der Waals surface area contributed by atoms with Gasteiger partial charge in [-0.25, -0.2) is 0 Å². The summed E-state index contributed by atoms with van der Waals surface area (Å²) >= 11 is 3.53. The van der Waals surface area contributed by atoms with Gasteiger partial charge in [0.1, 0.15) is 6.10 Å². The molecule has 3 atom stereocenters. The van der Waals surface area contributed by atoms with Crippen LogP contribution in [-0.2, 0) is 6.54 Å². The molecule has 1 aromatic heterocycles. The Labute approximate surface area is 135 Å². The molecule has 0 spiro atoms. The average molecular weight is 351 g/mol. The summed E-state index contributed by atoms with van der Waals surface area (Å²) in [7, 11) is 0. The predicted molar refractivity (Wildman–Crippen MR) is 89.2 cm³/mol. The number of rotatable bonds is 6. The molecule has 0 bridgehead atoms. The summed E-state index contributed by atoms with van der Waals surface area (Å²) in [6, 6.07) is 10.3. The first-order valence-electron chi connectivity index (χ1n) is 7.54. The van der Waals surface area contributed by atoms with E-state index in [0.29, 0.717) is 5.92 Å². The van der Waals surface area contributed by atoms with Gasteiger partial charge in [-0.2, -0.15) is 5.10 Å². The summed E-state index contributed by atoms with van der Waals surface area (Å²) in [6.07, 6.45) is 2.22. The number of aliphatic hydroxyl groups is 1. The molecule has 0 saturated heterocycles. The van der Waals surface area contributed by atoms with Gasteiger partial charge in [0, 0.05) is 12.5 Å². The minimum atomic E-state index is -0.570. The summed E-state index contributed by atoms with van der Waals surface area (Å²) in [5.74, 6) is 0.448. The van der Waals surface area contributed by atoms with Crippen molar-refractivity contribution >= 4 is 15.9 Å². The van der Waals surface area contributed by atoms with Gasteiger partial charge in [0.05, 0.1) is 16.4 Å². The lowest BCUT2D eigenvalue weighted by Gasteiger charge is -2.29. The number of hydrogen-bond acceptors (Lipinski definition) is 2. The average Bonchev–Trinajstić information content (AvgIpc) is 2.89. The number of hydrogen-bond donors (Lipinski definition) is 1. The zero-order valence-electron chi connectivity index (χ0n) is 12.8. The maximum Gasteiger partial charge on any atom is 0.104 e. The van der Waals surface area contributed by atoms with E-state index >= 15 is 0 Å². The van der Waals surface area contributed by atoms with Crippen molar-refractivity contribution < 1.29 is 5.11 Å². The Balaban J connectivity index is 2.44. The van der Waals surface area contributed by atoms with Gasteiger partial charge in [0.25, 0.3) is 0 Å². The van der Waals surface area contributed by atoms with E-state index < -0.39 is 6.10 Å². The van der Waals surface area contributed by atoms with Crippen molar-refractivity contribution in [3.05, 3.63) is 52.3 Å². The minimum Gasteiger partial charge on any atom is -0.386 e. The van der Waals surface area contributed by atoms with Gasteiger partial charge in [-0.1, -0.05) is 50.6 Å².